The smallest absolute Gasteiger partial charge is 0.335 e. The van der Waals surface area contributed by atoms with Crippen LogP contribution in [0.25, 0.3) is 0 Å². The lowest BCUT2D eigenvalue weighted by Crippen LogP contribution is -2.51. The van der Waals surface area contributed by atoms with Gasteiger partial charge < -0.3 is 21.3 Å². The zero-order valence-electron chi connectivity index (χ0n) is 28.8. The molecule has 1 saturated carbocycles. The van der Waals surface area contributed by atoms with Gasteiger partial charge in [0, 0.05) is 42.4 Å². The Balaban J connectivity index is 1.24. The Morgan fingerprint density at radius 2 is 1.59 bits per heavy atom. The van der Waals surface area contributed by atoms with Gasteiger partial charge >= 0.3 is 6.03 Å². The average molecular weight is 693 g/mol. The van der Waals surface area contributed by atoms with Crippen LogP contribution in [0.2, 0.25) is 0 Å². The molecule has 0 aromatic heterocycles. The molecule has 13 nitrogen and oxygen atoms in total. The van der Waals surface area contributed by atoms with Gasteiger partial charge in [0.15, 0.2) is 0 Å². The Kier molecular flexibility index (Phi) is 12.6. The van der Waals surface area contributed by atoms with Crippen molar-refractivity contribution < 1.29 is 24.0 Å². The van der Waals surface area contributed by atoms with Crippen molar-refractivity contribution in [3.05, 3.63) is 102 Å². The highest BCUT2D eigenvalue weighted by Crippen LogP contribution is 2.29. The molecule has 2 aliphatic rings. The molecule has 0 saturated heterocycles. The van der Waals surface area contributed by atoms with E-state index in [1.165, 1.54) is 11.1 Å². The Morgan fingerprint density at radius 3 is 2.27 bits per heavy atom. The maximum atomic E-state index is 14.2. The summed E-state index contributed by atoms with van der Waals surface area (Å²) in [4.78, 5) is 71.2. The summed E-state index contributed by atoms with van der Waals surface area (Å²) >= 11 is 0. The Hall–Kier alpha value is -5.85. The van der Waals surface area contributed by atoms with E-state index in [2.05, 4.69) is 31.8 Å². The van der Waals surface area contributed by atoms with Crippen molar-refractivity contribution in [1.82, 2.24) is 26.7 Å². The number of aliphatic imine (C=N–C) groups is 1. The first-order valence-electron chi connectivity index (χ1n) is 17.2. The Labute approximate surface area is 297 Å². The molecule has 2 atom stereocenters. The first-order chi connectivity index (χ1) is 24.8. The number of para-hydroxylation sites is 1. The van der Waals surface area contributed by atoms with E-state index in [9.17, 15) is 24.0 Å². The molecule has 0 spiro atoms. The molecule has 5 N–H and O–H groups in total. The molecule has 1 aliphatic carbocycles. The number of urea groups is 1. The van der Waals surface area contributed by atoms with E-state index >= 15 is 0 Å². The number of fused-ring (bicyclic) bond motifs is 1. The largest absolute Gasteiger partial charge is 0.359 e. The average Bonchev–Trinajstić information content (AvgIpc) is 3.28. The third kappa shape index (κ3) is 9.65. The zero-order chi connectivity index (χ0) is 36.2. The molecule has 51 heavy (non-hydrogen) atoms. The molecule has 3 aromatic rings. The second kappa shape index (κ2) is 17.7. The standard InChI is InChI=1S/C38H44N8O5/c1-3-29(23-41-45-38(51)40-22-25-18-20-28(21-19-25)35(48)39-2)42-32(47)24-46-31-17-11-10-16-30(31)33(26-12-6-4-7-13-26)43-34(37(46)50)44-36(49)27-14-8-5-9-15-27/h4-17,23,25,28-29,34H,3,18-22,24H2,1-2H3,(H,39,48)(H,42,47)(H,44,49)(H2,40,45,51)/b41-23+/t25?,28?,29-,34?/m0/s1. The number of benzodiazepines with no additional fused rings is 1. The van der Waals surface area contributed by atoms with Crippen molar-refractivity contribution in [3.63, 3.8) is 0 Å². The van der Waals surface area contributed by atoms with Gasteiger partial charge in [-0.2, -0.15) is 5.10 Å². The van der Waals surface area contributed by atoms with E-state index in [1.54, 1.807) is 49.5 Å². The minimum atomic E-state index is -1.31. The zero-order valence-corrected chi connectivity index (χ0v) is 28.8. The van der Waals surface area contributed by atoms with Gasteiger partial charge in [0.1, 0.15) is 6.54 Å². The number of carbonyl (C=O) groups is 5. The second-order valence-electron chi connectivity index (χ2n) is 12.5. The van der Waals surface area contributed by atoms with E-state index in [-0.39, 0.29) is 24.3 Å². The molecule has 0 radical (unpaired) electrons. The van der Waals surface area contributed by atoms with Crippen molar-refractivity contribution in [2.45, 2.75) is 51.2 Å². The third-order valence-electron chi connectivity index (χ3n) is 9.08. The predicted molar refractivity (Wildman–Crippen MR) is 195 cm³/mol. The highest BCUT2D eigenvalue weighted by Gasteiger charge is 2.34. The van der Waals surface area contributed by atoms with E-state index in [1.807, 2.05) is 49.4 Å². The van der Waals surface area contributed by atoms with Crippen molar-refractivity contribution in [3.8, 4) is 0 Å². The van der Waals surface area contributed by atoms with Crippen LogP contribution in [0.15, 0.2) is 95.0 Å². The summed E-state index contributed by atoms with van der Waals surface area (Å²) in [5.41, 5.74) is 5.16. The Morgan fingerprint density at radius 1 is 0.922 bits per heavy atom. The van der Waals surface area contributed by atoms with Gasteiger partial charge in [0.2, 0.25) is 18.0 Å². The number of nitrogens with zero attached hydrogens (tertiary/aromatic N) is 3. The van der Waals surface area contributed by atoms with Crippen molar-refractivity contribution >= 4 is 47.3 Å². The van der Waals surface area contributed by atoms with Crippen LogP contribution in [0.5, 0.6) is 0 Å². The normalized spacial score (nSPS) is 19.2. The van der Waals surface area contributed by atoms with Crippen molar-refractivity contribution in [1.29, 1.82) is 0 Å². The van der Waals surface area contributed by atoms with Gasteiger partial charge in [-0.25, -0.2) is 15.2 Å². The summed E-state index contributed by atoms with van der Waals surface area (Å²) in [6.07, 6.45) is 3.89. The monoisotopic (exact) mass is 692 g/mol. The van der Waals surface area contributed by atoms with E-state index in [0.29, 0.717) is 35.5 Å². The second-order valence-corrected chi connectivity index (χ2v) is 12.5. The SMILES string of the molecule is CC[C@@H](/C=N/NC(=O)NCC1CCC(C(=O)NC)CC1)NC(=O)CN1C(=O)C(NC(=O)c2ccccc2)N=C(c2ccccc2)c2ccccc21. The number of anilines is 1. The van der Waals surface area contributed by atoms with Gasteiger partial charge in [-0.3, -0.25) is 24.1 Å². The molecule has 1 aliphatic heterocycles. The summed E-state index contributed by atoms with van der Waals surface area (Å²) < 4.78 is 0. The number of benzene rings is 3. The fourth-order valence-electron chi connectivity index (χ4n) is 6.25. The number of hydrazone groups is 1. The van der Waals surface area contributed by atoms with Gasteiger partial charge in [-0.15, -0.1) is 0 Å². The van der Waals surface area contributed by atoms with Crippen molar-refractivity contribution in [2.75, 3.05) is 25.0 Å². The number of rotatable bonds is 12. The summed E-state index contributed by atoms with van der Waals surface area (Å²) in [7, 11) is 1.65. The first-order valence-corrected chi connectivity index (χ1v) is 17.2. The van der Waals surface area contributed by atoms with E-state index in [0.717, 1.165) is 31.2 Å². The van der Waals surface area contributed by atoms with Gasteiger partial charge in [-0.05, 0) is 56.2 Å². The fourth-order valence-corrected chi connectivity index (χ4v) is 6.25. The quantitative estimate of drug-likeness (QED) is 0.144. The lowest BCUT2D eigenvalue weighted by molar-refractivity contribution is -0.125. The first kappa shape index (κ1) is 36.4. The summed E-state index contributed by atoms with van der Waals surface area (Å²) in [6, 6.07) is 24.1. The molecule has 13 heteroatoms. The summed E-state index contributed by atoms with van der Waals surface area (Å²) in [5.74, 6) is -1.14. The topological polar surface area (TPSA) is 173 Å². The molecule has 1 unspecified atom stereocenters. The molecule has 1 heterocycles. The lowest BCUT2D eigenvalue weighted by Gasteiger charge is -2.27. The van der Waals surface area contributed by atoms with Crippen LogP contribution in [0, 0.1) is 11.8 Å². The third-order valence-corrected chi connectivity index (χ3v) is 9.08. The predicted octanol–water partition coefficient (Wildman–Crippen LogP) is 3.36. The van der Waals surface area contributed by atoms with Crippen LogP contribution in [0.1, 0.15) is 60.5 Å². The van der Waals surface area contributed by atoms with Crippen LogP contribution >= 0.6 is 0 Å². The number of carbonyl (C=O) groups excluding carboxylic acids is 5. The molecule has 0 bridgehead atoms. The van der Waals surface area contributed by atoms with Gasteiger partial charge in [0.05, 0.1) is 17.4 Å². The highest BCUT2D eigenvalue weighted by molar-refractivity contribution is 6.21. The minimum absolute atomic E-state index is 0.0279. The highest BCUT2D eigenvalue weighted by atomic mass is 16.2. The minimum Gasteiger partial charge on any atom is -0.359 e. The summed E-state index contributed by atoms with van der Waals surface area (Å²) in [5, 5.41) is 15.2. The molecule has 3 aromatic carbocycles. The van der Waals surface area contributed by atoms with Gasteiger partial charge in [0.25, 0.3) is 11.8 Å². The fraction of sp³-hybridized carbons (Fsp3) is 0.342. The number of hydrogen-bond donors (Lipinski definition) is 5. The Bertz CT molecular complexity index is 1760. The van der Waals surface area contributed by atoms with Crippen molar-refractivity contribution in [2.24, 2.45) is 21.9 Å². The lowest BCUT2D eigenvalue weighted by atomic mass is 9.81. The maximum Gasteiger partial charge on any atom is 0.335 e. The summed E-state index contributed by atoms with van der Waals surface area (Å²) in [6.45, 7) is 1.98. The molecular weight excluding hydrogens is 648 g/mol. The molecule has 1 fully saturated rings. The molecule has 6 amide bonds. The molecule has 5 rings (SSSR count). The van der Waals surface area contributed by atoms with Crippen LogP contribution in [0.4, 0.5) is 10.5 Å². The molecule has 266 valence electrons. The van der Waals surface area contributed by atoms with Crippen LogP contribution < -0.4 is 31.6 Å². The van der Waals surface area contributed by atoms with E-state index in [4.69, 9.17) is 4.99 Å². The van der Waals surface area contributed by atoms with Crippen LogP contribution in [-0.4, -0.2) is 73.9 Å². The number of hydrogen-bond acceptors (Lipinski definition) is 7. The molecular formula is C38H44N8O5. The number of amides is 6. The number of nitrogens with one attached hydrogen (secondary N) is 5. The van der Waals surface area contributed by atoms with Crippen LogP contribution in [0.3, 0.4) is 0 Å². The van der Waals surface area contributed by atoms with E-state index < -0.39 is 36.0 Å². The van der Waals surface area contributed by atoms with Crippen LogP contribution in [-0.2, 0) is 14.4 Å². The van der Waals surface area contributed by atoms with Gasteiger partial charge in [-0.1, -0.05) is 73.7 Å². The maximum absolute atomic E-state index is 14.2.